The molecule has 8 heteroatoms. The van der Waals surface area contributed by atoms with Crippen LogP contribution in [0.1, 0.15) is 6.92 Å². The topological polar surface area (TPSA) is 70.5 Å². The molecule has 32 heavy (non-hydrogen) atoms. The van der Waals surface area contributed by atoms with Gasteiger partial charge in [0.25, 0.3) is 0 Å². The van der Waals surface area contributed by atoms with E-state index in [2.05, 4.69) is 15.3 Å². The van der Waals surface area contributed by atoms with E-state index in [4.69, 9.17) is 4.74 Å². The van der Waals surface area contributed by atoms with Gasteiger partial charge in [-0.25, -0.2) is 8.78 Å². The number of phenols is 1. The van der Waals surface area contributed by atoms with Gasteiger partial charge in [0.2, 0.25) is 0 Å². The standard InChI is InChI=1S/C24H22F2N4O2/c1-13-12-30(8-7-27-13)23-18-11-19(25)20(21(26)22(18)28-24(29-23)32-2)17-10-15(31)9-14-5-3-4-6-16(14)17/h3-6,9-11,13,27,31H,7-8,12H2,1-2H3/t13-/m1/s1. The second-order valence-electron chi connectivity index (χ2n) is 7.99. The highest BCUT2D eigenvalue weighted by Crippen LogP contribution is 2.39. The number of nitrogens with zero attached hydrogens (tertiary/aromatic N) is 3. The van der Waals surface area contributed by atoms with Crippen molar-refractivity contribution in [1.29, 1.82) is 0 Å². The molecule has 1 saturated heterocycles. The molecule has 0 aliphatic carbocycles. The Morgan fingerprint density at radius 2 is 1.94 bits per heavy atom. The maximum atomic E-state index is 15.9. The molecule has 1 aliphatic heterocycles. The van der Waals surface area contributed by atoms with E-state index < -0.39 is 11.6 Å². The molecule has 2 heterocycles. The molecule has 0 amide bonds. The lowest BCUT2D eigenvalue weighted by molar-refractivity contribution is 0.380. The average Bonchev–Trinajstić information content (AvgIpc) is 2.78. The summed E-state index contributed by atoms with van der Waals surface area (Å²) in [5.74, 6) is -1.21. The number of anilines is 1. The van der Waals surface area contributed by atoms with Crippen LogP contribution in [0.15, 0.2) is 42.5 Å². The van der Waals surface area contributed by atoms with Gasteiger partial charge in [-0.3, -0.25) is 0 Å². The minimum atomic E-state index is -0.819. The third-order valence-corrected chi connectivity index (χ3v) is 5.81. The number of nitrogens with one attached hydrogen (secondary N) is 1. The summed E-state index contributed by atoms with van der Waals surface area (Å²) >= 11 is 0. The number of halogens is 2. The van der Waals surface area contributed by atoms with Crippen molar-refractivity contribution < 1.29 is 18.6 Å². The number of hydrogen-bond donors (Lipinski definition) is 2. The van der Waals surface area contributed by atoms with E-state index in [0.717, 1.165) is 6.54 Å². The van der Waals surface area contributed by atoms with Gasteiger partial charge >= 0.3 is 6.01 Å². The Labute approximate surface area is 183 Å². The van der Waals surface area contributed by atoms with Crippen LogP contribution >= 0.6 is 0 Å². The maximum Gasteiger partial charge on any atom is 0.318 e. The van der Waals surface area contributed by atoms with Crippen molar-refractivity contribution in [2.75, 3.05) is 31.6 Å². The molecular weight excluding hydrogens is 414 g/mol. The first-order chi connectivity index (χ1) is 15.5. The summed E-state index contributed by atoms with van der Waals surface area (Å²) in [5, 5.41) is 15.1. The molecule has 0 unspecified atom stereocenters. The summed E-state index contributed by atoms with van der Waals surface area (Å²) in [6.07, 6.45) is 0. The predicted octanol–water partition coefficient (Wildman–Crippen LogP) is 4.24. The van der Waals surface area contributed by atoms with Crippen LogP contribution in [0.3, 0.4) is 0 Å². The van der Waals surface area contributed by atoms with Gasteiger partial charge in [0, 0.05) is 31.1 Å². The van der Waals surface area contributed by atoms with E-state index >= 15 is 8.78 Å². The summed E-state index contributed by atoms with van der Waals surface area (Å²) < 4.78 is 36.6. The van der Waals surface area contributed by atoms with Crippen molar-refractivity contribution >= 4 is 27.5 Å². The quantitative estimate of drug-likeness (QED) is 0.501. The number of rotatable bonds is 3. The maximum absolute atomic E-state index is 15.9. The number of piperazine rings is 1. The number of phenolic OH excluding ortho intramolecular Hbond substituents is 1. The van der Waals surface area contributed by atoms with Gasteiger partial charge in [0.1, 0.15) is 22.9 Å². The van der Waals surface area contributed by atoms with E-state index in [0.29, 0.717) is 29.7 Å². The smallest absolute Gasteiger partial charge is 0.318 e. The van der Waals surface area contributed by atoms with Gasteiger partial charge in [-0.05, 0) is 41.5 Å². The fourth-order valence-corrected chi connectivity index (χ4v) is 4.37. The minimum absolute atomic E-state index is 0.0101. The summed E-state index contributed by atoms with van der Waals surface area (Å²) in [4.78, 5) is 10.6. The third kappa shape index (κ3) is 3.36. The number of methoxy groups -OCH3 is 1. The van der Waals surface area contributed by atoms with Crippen LogP contribution in [0.2, 0.25) is 0 Å². The lowest BCUT2D eigenvalue weighted by Gasteiger charge is -2.33. The summed E-state index contributed by atoms with van der Waals surface area (Å²) in [7, 11) is 1.41. The molecule has 164 valence electrons. The molecular formula is C24H22F2N4O2. The second kappa shape index (κ2) is 7.87. The molecule has 0 spiro atoms. The van der Waals surface area contributed by atoms with Crippen molar-refractivity contribution in [2.45, 2.75) is 13.0 Å². The summed E-state index contributed by atoms with van der Waals surface area (Å²) in [6, 6.07) is 11.5. The van der Waals surface area contributed by atoms with Gasteiger partial charge < -0.3 is 20.1 Å². The minimum Gasteiger partial charge on any atom is -0.508 e. The molecule has 1 aromatic heterocycles. The van der Waals surface area contributed by atoms with Crippen LogP contribution in [-0.2, 0) is 0 Å². The number of aromatic hydroxyl groups is 1. The highest BCUT2D eigenvalue weighted by atomic mass is 19.1. The van der Waals surface area contributed by atoms with Crippen molar-refractivity contribution in [3.05, 3.63) is 54.1 Å². The number of benzene rings is 3. The van der Waals surface area contributed by atoms with Gasteiger partial charge in [0.05, 0.1) is 12.7 Å². The summed E-state index contributed by atoms with van der Waals surface area (Å²) in [6.45, 7) is 4.05. The van der Waals surface area contributed by atoms with Gasteiger partial charge in [-0.1, -0.05) is 24.3 Å². The van der Waals surface area contributed by atoms with Gasteiger partial charge in [-0.15, -0.1) is 0 Å². The average molecular weight is 436 g/mol. The number of fused-ring (bicyclic) bond motifs is 2. The Morgan fingerprint density at radius 3 is 2.72 bits per heavy atom. The first-order valence-electron chi connectivity index (χ1n) is 10.4. The normalized spacial score (nSPS) is 16.6. The Morgan fingerprint density at radius 1 is 1.12 bits per heavy atom. The number of aromatic nitrogens is 2. The highest BCUT2D eigenvalue weighted by molar-refractivity contribution is 6.01. The molecule has 6 nitrogen and oxygen atoms in total. The predicted molar refractivity (Wildman–Crippen MR) is 120 cm³/mol. The van der Waals surface area contributed by atoms with Crippen LogP contribution in [0.5, 0.6) is 11.8 Å². The Balaban J connectivity index is 1.79. The van der Waals surface area contributed by atoms with Crippen molar-refractivity contribution in [1.82, 2.24) is 15.3 Å². The number of hydrogen-bond acceptors (Lipinski definition) is 6. The van der Waals surface area contributed by atoms with Crippen molar-refractivity contribution in [2.24, 2.45) is 0 Å². The Kier molecular flexibility index (Phi) is 5.01. The van der Waals surface area contributed by atoms with Crippen LogP contribution in [0.25, 0.3) is 32.8 Å². The van der Waals surface area contributed by atoms with Crippen LogP contribution in [-0.4, -0.2) is 47.9 Å². The molecule has 1 atom stereocenters. The molecule has 1 aliphatic rings. The number of ether oxygens (including phenoxy) is 1. The third-order valence-electron chi connectivity index (χ3n) is 5.81. The SMILES string of the molecule is COc1nc(N2CCN[C@H](C)C2)c2cc(F)c(-c3cc(O)cc4ccccc34)c(F)c2n1. The molecule has 0 saturated carbocycles. The van der Waals surface area contributed by atoms with E-state index in [1.807, 2.05) is 11.8 Å². The lowest BCUT2D eigenvalue weighted by atomic mass is 9.95. The first-order valence-corrected chi connectivity index (χ1v) is 10.4. The van der Waals surface area contributed by atoms with E-state index in [9.17, 15) is 5.11 Å². The molecule has 0 radical (unpaired) electrons. The van der Waals surface area contributed by atoms with Crippen LogP contribution in [0, 0.1) is 11.6 Å². The van der Waals surface area contributed by atoms with Crippen molar-refractivity contribution in [3.8, 4) is 22.9 Å². The van der Waals surface area contributed by atoms with Gasteiger partial charge in [-0.2, -0.15) is 9.97 Å². The van der Waals surface area contributed by atoms with E-state index in [-0.39, 0.29) is 39.8 Å². The molecule has 0 bridgehead atoms. The van der Waals surface area contributed by atoms with Crippen LogP contribution in [0.4, 0.5) is 14.6 Å². The van der Waals surface area contributed by atoms with E-state index in [1.165, 1.54) is 19.2 Å². The van der Waals surface area contributed by atoms with Gasteiger partial charge in [0.15, 0.2) is 5.82 Å². The zero-order valence-electron chi connectivity index (χ0n) is 17.7. The zero-order valence-corrected chi connectivity index (χ0v) is 17.7. The second-order valence-corrected chi connectivity index (χ2v) is 7.99. The molecule has 4 aromatic rings. The highest BCUT2D eigenvalue weighted by Gasteiger charge is 2.26. The molecule has 2 N–H and O–H groups in total. The molecule has 5 rings (SSSR count). The Bertz CT molecular complexity index is 1350. The fourth-order valence-electron chi connectivity index (χ4n) is 4.37. The molecule has 3 aromatic carbocycles. The van der Waals surface area contributed by atoms with Crippen molar-refractivity contribution in [3.63, 3.8) is 0 Å². The zero-order chi connectivity index (χ0) is 22.4. The largest absolute Gasteiger partial charge is 0.508 e. The van der Waals surface area contributed by atoms with Crippen LogP contribution < -0.4 is 15.0 Å². The Hall–Kier alpha value is -3.52. The lowest BCUT2D eigenvalue weighted by Crippen LogP contribution is -2.49. The first kappa shape index (κ1) is 20.4. The molecule has 1 fully saturated rings. The van der Waals surface area contributed by atoms with E-state index in [1.54, 1.807) is 30.3 Å². The summed E-state index contributed by atoms with van der Waals surface area (Å²) in [5.41, 5.74) is -0.0146. The monoisotopic (exact) mass is 436 g/mol. The fraction of sp³-hybridized carbons (Fsp3) is 0.250.